The molecule has 0 N–H and O–H groups in total. The molecule has 57 heavy (non-hydrogen) atoms. The number of anilines is 6. The molecule has 0 amide bonds. The van der Waals surface area contributed by atoms with Gasteiger partial charge in [0.1, 0.15) is 26.4 Å². The highest BCUT2D eigenvalue weighted by molar-refractivity contribution is 7.26. The Morgan fingerprint density at radius 3 is 1.82 bits per heavy atom. The second kappa shape index (κ2) is 12.7. The molecular formula is C49H51BN2O4S. The summed E-state index contributed by atoms with van der Waals surface area (Å²) in [6.07, 6.45) is 0. The number of hydrogen-bond donors (Lipinski definition) is 0. The van der Waals surface area contributed by atoms with Crippen molar-refractivity contribution in [2.45, 2.75) is 86.0 Å². The predicted octanol–water partition coefficient (Wildman–Crippen LogP) is 10.9. The van der Waals surface area contributed by atoms with Crippen LogP contribution in [0.5, 0.6) is 23.0 Å². The van der Waals surface area contributed by atoms with Crippen molar-refractivity contribution in [3.8, 4) is 23.0 Å². The molecule has 0 saturated carbocycles. The van der Waals surface area contributed by atoms with Gasteiger partial charge in [0.05, 0.1) is 16.4 Å². The molecule has 5 aromatic carbocycles. The van der Waals surface area contributed by atoms with E-state index in [9.17, 15) is 0 Å². The average Bonchev–Trinajstić information content (AvgIpc) is 3.55. The number of hydrogen-bond acceptors (Lipinski definition) is 7. The Bertz CT molecular complexity index is 2620. The van der Waals surface area contributed by atoms with Crippen molar-refractivity contribution in [1.82, 2.24) is 0 Å². The summed E-state index contributed by atoms with van der Waals surface area (Å²) >= 11 is 1.92. The van der Waals surface area contributed by atoms with Crippen molar-refractivity contribution in [1.29, 1.82) is 0 Å². The van der Waals surface area contributed by atoms with E-state index in [0.717, 1.165) is 34.4 Å². The summed E-state index contributed by atoms with van der Waals surface area (Å²) in [5.74, 6) is 3.41. The van der Waals surface area contributed by atoms with Crippen molar-refractivity contribution >= 4 is 78.0 Å². The molecule has 0 aliphatic carbocycles. The number of thiophene rings is 1. The molecule has 0 bridgehead atoms. The van der Waals surface area contributed by atoms with Gasteiger partial charge in [-0.05, 0) is 117 Å². The van der Waals surface area contributed by atoms with Crippen LogP contribution in [-0.4, -0.2) is 33.1 Å². The van der Waals surface area contributed by atoms with Gasteiger partial charge in [-0.3, -0.25) is 0 Å². The van der Waals surface area contributed by atoms with Gasteiger partial charge in [-0.25, -0.2) is 0 Å². The van der Waals surface area contributed by atoms with Crippen LogP contribution in [0.3, 0.4) is 0 Å². The topological polar surface area (TPSA) is 43.4 Å². The van der Waals surface area contributed by atoms with Gasteiger partial charge in [0.25, 0.3) is 6.71 Å². The zero-order valence-electron chi connectivity index (χ0n) is 34.8. The third-order valence-electron chi connectivity index (χ3n) is 12.3. The normalized spacial score (nSPS) is 15.5. The fourth-order valence-corrected chi connectivity index (χ4v) is 10.5. The average molecular weight is 775 g/mol. The third-order valence-corrected chi connectivity index (χ3v) is 13.4. The van der Waals surface area contributed by atoms with E-state index in [1.165, 1.54) is 76.4 Å². The molecule has 1 aromatic heterocycles. The van der Waals surface area contributed by atoms with Gasteiger partial charge in [-0.1, -0.05) is 79.7 Å². The number of fused-ring (bicyclic) bond motifs is 8. The van der Waals surface area contributed by atoms with Crippen molar-refractivity contribution in [3.63, 3.8) is 0 Å². The van der Waals surface area contributed by atoms with Crippen LogP contribution in [0.2, 0.25) is 0 Å². The molecule has 290 valence electrons. The zero-order chi connectivity index (χ0) is 39.7. The number of ether oxygens (including phenoxy) is 4. The highest BCUT2D eigenvalue weighted by Gasteiger charge is 2.47. The molecule has 0 fully saturated rings. The Hall–Kier alpha value is -5.08. The van der Waals surface area contributed by atoms with E-state index in [-0.39, 0.29) is 17.5 Å². The first kappa shape index (κ1) is 36.3. The summed E-state index contributed by atoms with van der Waals surface area (Å²) in [6, 6.07) is 27.8. The Morgan fingerprint density at radius 1 is 0.596 bits per heavy atom. The fourth-order valence-electron chi connectivity index (χ4n) is 9.28. The lowest BCUT2D eigenvalue weighted by atomic mass is 9.33. The van der Waals surface area contributed by atoms with Crippen LogP contribution in [0.25, 0.3) is 10.1 Å². The van der Waals surface area contributed by atoms with Gasteiger partial charge in [0.15, 0.2) is 23.0 Å². The lowest BCUT2D eigenvalue weighted by molar-refractivity contribution is 0.171. The second-order valence-corrected chi connectivity index (χ2v) is 19.6. The molecule has 0 radical (unpaired) electrons. The molecule has 0 spiro atoms. The van der Waals surface area contributed by atoms with Crippen LogP contribution in [0.15, 0.2) is 72.8 Å². The van der Waals surface area contributed by atoms with Crippen LogP contribution in [-0.2, 0) is 10.8 Å². The molecule has 0 saturated heterocycles. The molecule has 4 aliphatic rings. The first-order chi connectivity index (χ1) is 27.2. The summed E-state index contributed by atoms with van der Waals surface area (Å²) < 4.78 is 26.2. The number of nitrogens with zero attached hydrogens (tertiary/aromatic N) is 2. The monoisotopic (exact) mass is 774 g/mol. The molecular weight excluding hydrogens is 723 g/mol. The lowest BCUT2D eigenvalue weighted by Crippen LogP contribution is -2.61. The van der Waals surface area contributed by atoms with E-state index < -0.39 is 0 Å². The minimum absolute atomic E-state index is 0.00762. The van der Waals surface area contributed by atoms with E-state index in [0.29, 0.717) is 32.3 Å². The van der Waals surface area contributed by atoms with Gasteiger partial charge in [-0.2, -0.15) is 0 Å². The van der Waals surface area contributed by atoms with Crippen LogP contribution < -0.4 is 45.1 Å². The lowest BCUT2D eigenvalue weighted by Gasteiger charge is -2.44. The smallest absolute Gasteiger partial charge is 0.254 e. The SMILES string of the molecule is Cc1cc(C(C)(C)C)cc(C)c1N1c2cc(C(C)C)cc3c2B(c2cc4c(cc2N3c2ccc3c(c2)OCCO3)OCCO4)c2c1sc1ccc(C(C)(C)C)cc21. The molecule has 6 aromatic rings. The van der Waals surface area contributed by atoms with Gasteiger partial charge in [0, 0.05) is 33.9 Å². The predicted molar refractivity (Wildman–Crippen MR) is 239 cm³/mol. The van der Waals surface area contributed by atoms with Gasteiger partial charge in [0.2, 0.25) is 0 Å². The van der Waals surface area contributed by atoms with Gasteiger partial charge >= 0.3 is 0 Å². The Morgan fingerprint density at radius 2 is 1.19 bits per heavy atom. The van der Waals surface area contributed by atoms with Crippen LogP contribution in [0.4, 0.5) is 33.4 Å². The van der Waals surface area contributed by atoms with Crippen molar-refractivity contribution in [2.24, 2.45) is 0 Å². The van der Waals surface area contributed by atoms with Crippen LogP contribution in [0.1, 0.15) is 89.1 Å². The van der Waals surface area contributed by atoms with E-state index in [1.807, 2.05) is 11.3 Å². The first-order valence-corrected chi connectivity index (χ1v) is 21.3. The van der Waals surface area contributed by atoms with Crippen LogP contribution >= 0.6 is 11.3 Å². The Balaban J connectivity index is 1.35. The van der Waals surface area contributed by atoms with Crippen LogP contribution in [0, 0.1) is 13.8 Å². The molecule has 8 heteroatoms. The quantitative estimate of drug-likeness (QED) is 0.167. The maximum atomic E-state index is 6.38. The first-order valence-electron chi connectivity index (χ1n) is 20.5. The number of benzene rings is 5. The Kier molecular flexibility index (Phi) is 8.09. The highest BCUT2D eigenvalue weighted by atomic mass is 32.1. The molecule has 0 atom stereocenters. The van der Waals surface area contributed by atoms with E-state index in [1.54, 1.807) is 0 Å². The van der Waals surface area contributed by atoms with Gasteiger partial charge < -0.3 is 28.7 Å². The third kappa shape index (κ3) is 5.65. The van der Waals surface area contributed by atoms with Crippen molar-refractivity contribution in [2.75, 3.05) is 36.2 Å². The zero-order valence-corrected chi connectivity index (χ0v) is 35.7. The maximum Gasteiger partial charge on any atom is 0.254 e. The fraction of sp³-hybridized carbons (Fsp3) is 0.347. The molecule has 10 rings (SSSR count). The van der Waals surface area contributed by atoms with Gasteiger partial charge in [-0.15, -0.1) is 11.3 Å². The molecule has 5 heterocycles. The van der Waals surface area contributed by atoms with Crippen molar-refractivity contribution in [3.05, 3.63) is 101 Å². The minimum Gasteiger partial charge on any atom is -0.486 e. The number of aryl methyl sites for hydroxylation is 2. The molecule has 0 unspecified atom stereocenters. The summed E-state index contributed by atoms with van der Waals surface area (Å²) in [7, 11) is 0. The maximum absolute atomic E-state index is 6.38. The summed E-state index contributed by atoms with van der Waals surface area (Å²) in [6.45, 7) is 25.1. The highest BCUT2D eigenvalue weighted by Crippen LogP contribution is 2.52. The standard InChI is InChI=1S/C49H51BN2O4S/c1-27(2)30-21-37-45-38(22-30)52(46-28(3)19-32(20-29(46)4)49(8,9)10)47-44(34-23-31(48(5,6)7)11-14-43(34)57-47)50(45)35-25-41-42(56-18-17-55-41)26-36(35)51(37)33-12-13-39-40(24-33)54-16-15-53-39/h11-14,19-27H,15-18H2,1-10H3. The van der Waals surface area contributed by atoms with Crippen molar-refractivity contribution < 1.29 is 18.9 Å². The van der Waals surface area contributed by atoms with E-state index >= 15 is 0 Å². The molecule has 6 nitrogen and oxygen atoms in total. The summed E-state index contributed by atoms with van der Waals surface area (Å²) in [4.78, 5) is 5.06. The summed E-state index contributed by atoms with van der Waals surface area (Å²) in [5, 5.41) is 2.60. The van der Waals surface area contributed by atoms with E-state index in [2.05, 4.69) is 152 Å². The minimum atomic E-state index is -0.0554. The molecule has 4 aliphatic heterocycles. The Labute approximate surface area is 341 Å². The largest absolute Gasteiger partial charge is 0.486 e. The van der Waals surface area contributed by atoms with E-state index in [4.69, 9.17) is 18.9 Å². The summed E-state index contributed by atoms with van der Waals surface area (Å²) in [5.41, 5.74) is 16.2. The number of rotatable bonds is 3. The second-order valence-electron chi connectivity index (χ2n) is 18.6.